The fourth-order valence-electron chi connectivity index (χ4n) is 2.81. The van der Waals surface area contributed by atoms with Gasteiger partial charge in [0.15, 0.2) is 0 Å². The Morgan fingerprint density at radius 2 is 2.39 bits per heavy atom. The third-order valence-corrected chi connectivity index (χ3v) is 3.57. The molecule has 100 valence electrons. The van der Waals surface area contributed by atoms with Gasteiger partial charge in [0.2, 0.25) is 0 Å². The van der Waals surface area contributed by atoms with E-state index in [0.29, 0.717) is 12.6 Å². The number of likely N-dealkylation sites (N-methyl/N-ethyl adjacent to an activating group) is 1. The lowest BCUT2D eigenvalue weighted by Gasteiger charge is -2.33. The molecule has 18 heavy (non-hydrogen) atoms. The van der Waals surface area contributed by atoms with E-state index in [2.05, 4.69) is 33.9 Å². The Morgan fingerprint density at radius 3 is 3.00 bits per heavy atom. The number of hydrogen-bond acceptors (Lipinski definition) is 5. The number of nitrogens with zero attached hydrogens (tertiary/aromatic N) is 4. The van der Waals surface area contributed by atoms with Crippen LogP contribution in [0.1, 0.15) is 24.6 Å². The number of aromatic nitrogens is 2. The zero-order chi connectivity index (χ0) is 13.0. The van der Waals surface area contributed by atoms with Gasteiger partial charge in [0.1, 0.15) is 6.33 Å². The lowest BCUT2D eigenvalue weighted by Crippen LogP contribution is -2.42. The van der Waals surface area contributed by atoms with E-state index in [-0.39, 0.29) is 6.04 Å². The van der Waals surface area contributed by atoms with E-state index < -0.39 is 0 Å². The number of likely N-dealkylation sites (tertiary alicyclic amines) is 1. The molecular weight excluding hydrogens is 226 g/mol. The molecule has 0 aliphatic carbocycles. The number of rotatable bonds is 5. The van der Waals surface area contributed by atoms with E-state index in [1.165, 1.54) is 12.8 Å². The summed E-state index contributed by atoms with van der Waals surface area (Å²) in [5.74, 6) is 0. The SMILES string of the molecule is CN(C)CC1CCCN1C(CN)c1ccncn1. The normalized spacial score (nSPS) is 22.6. The second-order valence-electron chi connectivity index (χ2n) is 5.18. The van der Waals surface area contributed by atoms with Gasteiger partial charge in [-0.05, 0) is 39.5 Å². The van der Waals surface area contributed by atoms with Crippen molar-refractivity contribution in [1.82, 2.24) is 19.8 Å². The topological polar surface area (TPSA) is 58.3 Å². The second kappa shape index (κ2) is 6.22. The van der Waals surface area contributed by atoms with Crippen LogP contribution in [0.25, 0.3) is 0 Å². The average Bonchev–Trinajstić information content (AvgIpc) is 2.79. The van der Waals surface area contributed by atoms with Gasteiger partial charge in [-0.1, -0.05) is 0 Å². The van der Waals surface area contributed by atoms with Gasteiger partial charge in [0, 0.05) is 25.3 Å². The molecule has 1 fully saturated rings. The molecule has 2 atom stereocenters. The highest BCUT2D eigenvalue weighted by molar-refractivity contribution is 5.07. The summed E-state index contributed by atoms with van der Waals surface area (Å²) in [4.78, 5) is 13.1. The maximum Gasteiger partial charge on any atom is 0.115 e. The molecule has 0 radical (unpaired) electrons. The van der Waals surface area contributed by atoms with Gasteiger partial charge in [-0.15, -0.1) is 0 Å². The summed E-state index contributed by atoms with van der Waals surface area (Å²) < 4.78 is 0. The molecule has 0 amide bonds. The molecule has 0 aromatic carbocycles. The van der Waals surface area contributed by atoms with Crippen LogP contribution in [0.2, 0.25) is 0 Å². The van der Waals surface area contributed by atoms with Crippen molar-refractivity contribution in [2.24, 2.45) is 5.73 Å². The fourth-order valence-corrected chi connectivity index (χ4v) is 2.81. The van der Waals surface area contributed by atoms with Crippen molar-refractivity contribution in [1.29, 1.82) is 0 Å². The van der Waals surface area contributed by atoms with Crippen LogP contribution in [-0.2, 0) is 0 Å². The third kappa shape index (κ3) is 3.04. The number of nitrogens with two attached hydrogens (primary N) is 1. The van der Waals surface area contributed by atoms with E-state index in [0.717, 1.165) is 18.8 Å². The van der Waals surface area contributed by atoms with Crippen molar-refractivity contribution >= 4 is 0 Å². The lowest BCUT2D eigenvalue weighted by atomic mass is 10.1. The molecule has 1 aromatic heterocycles. The predicted molar refractivity (Wildman–Crippen MR) is 72.1 cm³/mol. The molecule has 1 aliphatic rings. The highest BCUT2D eigenvalue weighted by Gasteiger charge is 2.31. The average molecular weight is 249 g/mol. The van der Waals surface area contributed by atoms with Crippen LogP contribution in [0.3, 0.4) is 0 Å². The molecule has 1 aliphatic heterocycles. The molecule has 2 rings (SSSR count). The largest absolute Gasteiger partial charge is 0.329 e. The highest BCUT2D eigenvalue weighted by Crippen LogP contribution is 2.27. The standard InChI is InChI=1S/C13H23N5/c1-17(2)9-11-4-3-7-18(11)13(8-14)12-5-6-15-10-16-12/h5-6,10-11,13H,3-4,7-9,14H2,1-2H3. The maximum absolute atomic E-state index is 5.96. The first-order valence-corrected chi connectivity index (χ1v) is 6.59. The fraction of sp³-hybridized carbons (Fsp3) is 0.692. The van der Waals surface area contributed by atoms with Crippen LogP contribution in [0, 0.1) is 0 Å². The van der Waals surface area contributed by atoms with Gasteiger partial charge >= 0.3 is 0 Å². The van der Waals surface area contributed by atoms with Gasteiger partial charge in [-0.3, -0.25) is 4.90 Å². The first-order valence-electron chi connectivity index (χ1n) is 6.59. The Hall–Kier alpha value is -1.04. The van der Waals surface area contributed by atoms with E-state index in [1.54, 1.807) is 12.5 Å². The van der Waals surface area contributed by atoms with E-state index in [9.17, 15) is 0 Å². The molecule has 0 bridgehead atoms. The van der Waals surface area contributed by atoms with Crippen LogP contribution in [0.4, 0.5) is 0 Å². The Kier molecular flexibility index (Phi) is 4.63. The summed E-state index contributed by atoms with van der Waals surface area (Å²) in [6.45, 7) is 2.81. The molecule has 1 aromatic rings. The summed E-state index contributed by atoms with van der Waals surface area (Å²) in [7, 11) is 4.25. The van der Waals surface area contributed by atoms with Gasteiger partial charge < -0.3 is 10.6 Å². The molecule has 0 spiro atoms. The zero-order valence-electron chi connectivity index (χ0n) is 11.3. The Labute approximate surface area is 109 Å². The molecule has 5 heteroatoms. The van der Waals surface area contributed by atoms with Crippen LogP contribution < -0.4 is 5.73 Å². The van der Waals surface area contributed by atoms with Crippen LogP contribution in [0.5, 0.6) is 0 Å². The molecule has 2 unspecified atom stereocenters. The number of hydrogen-bond donors (Lipinski definition) is 1. The first-order chi connectivity index (χ1) is 8.72. The summed E-state index contributed by atoms with van der Waals surface area (Å²) in [5, 5.41) is 0. The first kappa shape index (κ1) is 13.4. The third-order valence-electron chi connectivity index (χ3n) is 3.57. The van der Waals surface area contributed by atoms with Crippen LogP contribution >= 0.6 is 0 Å². The minimum atomic E-state index is 0.223. The molecule has 2 heterocycles. The van der Waals surface area contributed by atoms with Gasteiger partial charge in [0.25, 0.3) is 0 Å². The van der Waals surface area contributed by atoms with E-state index >= 15 is 0 Å². The quantitative estimate of drug-likeness (QED) is 0.823. The molecular formula is C13H23N5. The predicted octanol–water partition coefficient (Wildman–Crippen LogP) is 0.502. The second-order valence-corrected chi connectivity index (χ2v) is 5.18. The smallest absolute Gasteiger partial charge is 0.115 e. The zero-order valence-corrected chi connectivity index (χ0v) is 11.3. The van der Waals surface area contributed by atoms with Crippen LogP contribution in [0.15, 0.2) is 18.6 Å². The Bertz CT molecular complexity index is 354. The molecule has 2 N–H and O–H groups in total. The van der Waals surface area contributed by atoms with Crippen molar-refractivity contribution in [2.45, 2.75) is 24.9 Å². The Balaban J connectivity index is 2.12. The molecule has 0 saturated carbocycles. The van der Waals surface area contributed by atoms with Crippen molar-refractivity contribution in [2.75, 3.05) is 33.7 Å². The van der Waals surface area contributed by atoms with Gasteiger partial charge in [-0.2, -0.15) is 0 Å². The minimum absolute atomic E-state index is 0.223. The molecule has 1 saturated heterocycles. The molecule has 5 nitrogen and oxygen atoms in total. The van der Waals surface area contributed by atoms with Gasteiger partial charge in [-0.25, -0.2) is 9.97 Å². The summed E-state index contributed by atoms with van der Waals surface area (Å²) in [5.41, 5.74) is 7.00. The summed E-state index contributed by atoms with van der Waals surface area (Å²) in [6.07, 6.45) is 5.90. The maximum atomic E-state index is 5.96. The summed E-state index contributed by atoms with van der Waals surface area (Å²) >= 11 is 0. The highest BCUT2D eigenvalue weighted by atomic mass is 15.3. The van der Waals surface area contributed by atoms with Crippen molar-refractivity contribution in [3.63, 3.8) is 0 Å². The minimum Gasteiger partial charge on any atom is -0.329 e. The van der Waals surface area contributed by atoms with Gasteiger partial charge in [0.05, 0.1) is 11.7 Å². The van der Waals surface area contributed by atoms with E-state index in [1.807, 2.05) is 6.07 Å². The lowest BCUT2D eigenvalue weighted by molar-refractivity contribution is 0.153. The Morgan fingerprint density at radius 1 is 1.56 bits per heavy atom. The van der Waals surface area contributed by atoms with Crippen molar-refractivity contribution < 1.29 is 0 Å². The van der Waals surface area contributed by atoms with Crippen molar-refractivity contribution in [3.8, 4) is 0 Å². The van der Waals surface area contributed by atoms with E-state index in [4.69, 9.17) is 5.73 Å². The summed E-state index contributed by atoms with van der Waals surface area (Å²) in [6, 6.07) is 2.78. The van der Waals surface area contributed by atoms with Crippen LogP contribution in [-0.4, -0.2) is 59.5 Å². The monoisotopic (exact) mass is 249 g/mol. The van der Waals surface area contributed by atoms with Crippen molar-refractivity contribution in [3.05, 3.63) is 24.3 Å².